The SMILES string of the molecule is CCCCCCCCCCCCCCCCCCCCCCCCCCCCC(=O)NC(COC1OC(CO)C(OC2OC(CO)C(O)C(O)C2O)C(O)C1O)C(O)CCCCCCC. The van der Waals surface area contributed by atoms with Crippen molar-refractivity contribution in [3.63, 3.8) is 0 Å². The van der Waals surface area contributed by atoms with Crippen LogP contribution in [0.25, 0.3) is 0 Å². The molecule has 2 aliphatic heterocycles. The number of ether oxygens (including phenoxy) is 4. The summed E-state index contributed by atoms with van der Waals surface area (Å²) in [6, 6.07) is -0.818. The first-order valence-corrected chi connectivity index (χ1v) is 26.8. The van der Waals surface area contributed by atoms with Gasteiger partial charge in [0.1, 0.15) is 48.8 Å². The molecule has 0 aromatic heterocycles. The molecule has 2 fully saturated rings. The molecule has 65 heavy (non-hydrogen) atoms. The van der Waals surface area contributed by atoms with E-state index in [9.17, 15) is 45.6 Å². The van der Waals surface area contributed by atoms with E-state index in [4.69, 9.17) is 18.9 Å². The largest absolute Gasteiger partial charge is 0.394 e. The van der Waals surface area contributed by atoms with Crippen molar-refractivity contribution in [1.29, 1.82) is 0 Å². The van der Waals surface area contributed by atoms with Crippen LogP contribution in [0.1, 0.15) is 226 Å². The Hall–Kier alpha value is -1.01. The minimum atomic E-state index is -1.78. The van der Waals surface area contributed by atoms with Crippen LogP contribution in [-0.4, -0.2) is 140 Å². The topological polar surface area (TPSA) is 228 Å². The maximum atomic E-state index is 13.1. The number of hydrogen-bond donors (Lipinski definition) is 9. The number of amides is 1. The summed E-state index contributed by atoms with van der Waals surface area (Å²) >= 11 is 0. The number of carbonyl (C=O) groups excluding carboxylic acids is 1. The Morgan fingerprint density at radius 3 is 1.31 bits per heavy atom. The van der Waals surface area contributed by atoms with Crippen molar-refractivity contribution < 1.29 is 64.6 Å². The Morgan fingerprint density at radius 2 is 0.877 bits per heavy atom. The van der Waals surface area contributed by atoms with Gasteiger partial charge in [0.05, 0.1) is 32.0 Å². The fourth-order valence-corrected chi connectivity index (χ4v) is 9.18. The molecular weight excluding hydrogens is 835 g/mol. The lowest BCUT2D eigenvalue weighted by Crippen LogP contribution is -2.65. The van der Waals surface area contributed by atoms with Crippen LogP contribution in [0.2, 0.25) is 0 Å². The van der Waals surface area contributed by atoms with E-state index in [0.29, 0.717) is 12.8 Å². The van der Waals surface area contributed by atoms with Gasteiger partial charge in [-0.25, -0.2) is 0 Å². The zero-order valence-electron chi connectivity index (χ0n) is 41.0. The van der Waals surface area contributed by atoms with Crippen LogP contribution in [0.15, 0.2) is 0 Å². The van der Waals surface area contributed by atoms with Crippen molar-refractivity contribution in [2.45, 2.75) is 299 Å². The molecule has 2 heterocycles. The molecule has 2 rings (SSSR count). The molecule has 0 saturated carbocycles. The molecule has 1 amide bonds. The Labute approximate surface area is 393 Å². The number of nitrogens with one attached hydrogen (secondary N) is 1. The number of rotatable bonds is 42. The van der Waals surface area contributed by atoms with Gasteiger partial charge in [-0.3, -0.25) is 4.79 Å². The van der Waals surface area contributed by atoms with E-state index >= 15 is 0 Å². The van der Waals surface area contributed by atoms with Crippen molar-refractivity contribution in [3.8, 4) is 0 Å². The normalized spacial score (nSPS) is 26.9. The van der Waals surface area contributed by atoms with Crippen molar-refractivity contribution >= 4 is 5.91 Å². The van der Waals surface area contributed by atoms with Crippen LogP contribution in [0.3, 0.4) is 0 Å². The van der Waals surface area contributed by atoms with E-state index in [1.807, 2.05) is 0 Å². The van der Waals surface area contributed by atoms with Gasteiger partial charge in [-0.15, -0.1) is 0 Å². The van der Waals surface area contributed by atoms with E-state index in [1.54, 1.807) is 0 Å². The Kier molecular flexibility index (Phi) is 35.9. The summed E-state index contributed by atoms with van der Waals surface area (Å²) in [6.07, 6.45) is 23.3. The summed E-state index contributed by atoms with van der Waals surface area (Å²) in [5.74, 6) is -0.209. The zero-order chi connectivity index (χ0) is 47.5. The fraction of sp³-hybridized carbons (Fsp3) is 0.980. The summed E-state index contributed by atoms with van der Waals surface area (Å²) in [7, 11) is 0. The minimum absolute atomic E-state index is 0.209. The Balaban J connectivity index is 1.61. The van der Waals surface area contributed by atoms with Crippen LogP contribution in [-0.2, 0) is 23.7 Å². The van der Waals surface area contributed by atoms with Crippen molar-refractivity contribution in [1.82, 2.24) is 5.32 Å². The molecule has 0 aliphatic carbocycles. The summed E-state index contributed by atoms with van der Waals surface area (Å²) in [4.78, 5) is 13.1. The van der Waals surface area contributed by atoms with Gasteiger partial charge in [-0.05, 0) is 12.8 Å². The summed E-state index contributed by atoms with van der Waals surface area (Å²) in [5.41, 5.74) is 0. The van der Waals surface area contributed by atoms with E-state index in [1.165, 1.54) is 141 Å². The van der Waals surface area contributed by atoms with Crippen LogP contribution in [0.4, 0.5) is 0 Å². The lowest BCUT2D eigenvalue weighted by atomic mass is 9.97. The van der Waals surface area contributed by atoms with Gasteiger partial charge in [-0.2, -0.15) is 0 Å². The third kappa shape index (κ3) is 26.0. The highest BCUT2D eigenvalue weighted by Gasteiger charge is 2.51. The number of aliphatic hydroxyl groups excluding tert-OH is 8. The smallest absolute Gasteiger partial charge is 0.220 e. The first-order valence-electron chi connectivity index (χ1n) is 26.8. The Morgan fingerprint density at radius 1 is 0.492 bits per heavy atom. The lowest BCUT2D eigenvalue weighted by Gasteiger charge is -2.46. The molecule has 0 aromatic rings. The van der Waals surface area contributed by atoms with Gasteiger partial charge < -0.3 is 65.1 Å². The molecule has 2 saturated heterocycles. The number of carbonyl (C=O) groups is 1. The van der Waals surface area contributed by atoms with Gasteiger partial charge in [0.15, 0.2) is 12.6 Å². The minimum Gasteiger partial charge on any atom is -0.394 e. The van der Waals surface area contributed by atoms with Crippen LogP contribution < -0.4 is 5.32 Å². The van der Waals surface area contributed by atoms with Gasteiger partial charge >= 0.3 is 0 Å². The van der Waals surface area contributed by atoms with E-state index in [2.05, 4.69) is 19.2 Å². The quantitative estimate of drug-likeness (QED) is 0.0273. The average Bonchev–Trinajstić information content (AvgIpc) is 3.30. The molecule has 14 nitrogen and oxygen atoms in total. The standard InChI is InChI=1S/C51H99NO13/c1-3-5-7-9-10-11-12-13-14-15-16-17-18-19-20-21-22-23-24-25-26-27-28-29-31-33-35-43(56)52-39(40(55)34-32-30-8-6-4-2)38-62-50-48(61)46(59)49(42(37-54)64-50)65-51-47(60)45(58)44(57)41(36-53)63-51/h39-42,44-51,53-55,57-61H,3-38H2,1-2H3,(H,52,56). The van der Waals surface area contributed by atoms with Crippen molar-refractivity contribution in [2.75, 3.05) is 19.8 Å². The number of unbranched alkanes of at least 4 members (excludes halogenated alkanes) is 29. The predicted molar refractivity (Wildman–Crippen MR) is 254 cm³/mol. The third-order valence-corrected chi connectivity index (χ3v) is 13.6. The summed E-state index contributed by atoms with van der Waals surface area (Å²) in [5, 5.41) is 86.4. The van der Waals surface area contributed by atoms with Crippen molar-refractivity contribution in [2.24, 2.45) is 0 Å². The Bertz CT molecular complexity index is 1100. The molecule has 2 aliphatic rings. The predicted octanol–water partition coefficient (Wildman–Crippen LogP) is 7.39. The fourth-order valence-electron chi connectivity index (χ4n) is 9.18. The summed E-state index contributed by atoms with van der Waals surface area (Å²) < 4.78 is 22.6. The maximum absolute atomic E-state index is 13.1. The van der Waals surface area contributed by atoms with Gasteiger partial charge in [-0.1, -0.05) is 206 Å². The van der Waals surface area contributed by atoms with Crippen molar-refractivity contribution in [3.05, 3.63) is 0 Å². The van der Waals surface area contributed by atoms with Crippen LogP contribution in [0.5, 0.6) is 0 Å². The van der Waals surface area contributed by atoms with E-state index < -0.39 is 86.8 Å². The molecule has 12 atom stereocenters. The molecule has 0 bridgehead atoms. The molecule has 386 valence electrons. The highest BCUT2D eigenvalue weighted by Crippen LogP contribution is 2.30. The third-order valence-electron chi connectivity index (χ3n) is 13.6. The zero-order valence-corrected chi connectivity index (χ0v) is 41.0. The first-order chi connectivity index (χ1) is 31.6. The van der Waals surface area contributed by atoms with Gasteiger partial charge in [0.2, 0.25) is 5.91 Å². The molecule has 12 unspecified atom stereocenters. The number of aliphatic hydroxyl groups is 8. The van der Waals surface area contributed by atoms with Crippen LogP contribution >= 0.6 is 0 Å². The second-order valence-electron chi connectivity index (χ2n) is 19.4. The second-order valence-corrected chi connectivity index (χ2v) is 19.4. The summed E-state index contributed by atoms with van der Waals surface area (Å²) in [6.45, 7) is 2.77. The molecule has 0 aromatic carbocycles. The lowest BCUT2D eigenvalue weighted by molar-refractivity contribution is -0.359. The average molecular weight is 934 g/mol. The molecule has 14 heteroatoms. The van der Waals surface area contributed by atoms with E-state index in [-0.39, 0.29) is 12.5 Å². The number of hydrogen-bond acceptors (Lipinski definition) is 13. The second kappa shape index (κ2) is 38.8. The maximum Gasteiger partial charge on any atom is 0.220 e. The van der Waals surface area contributed by atoms with Crippen LogP contribution in [0, 0.1) is 0 Å². The highest BCUT2D eigenvalue weighted by molar-refractivity contribution is 5.76. The molecule has 0 spiro atoms. The van der Waals surface area contributed by atoms with E-state index in [0.717, 1.165) is 57.8 Å². The highest BCUT2D eigenvalue weighted by atomic mass is 16.7. The molecule has 0 radical (unpaired) electrons. The van der Waals surface area contributed by atoms with Gasteiger partial charge in [0.25, 0.3) is 0 Å². The monoisotopic (exact) mass is 934 g/mol. The first kappa shape index (κ1) is 60.1. The molecule has 9 N–H and O–H groups in total. The molecular formula is C51H99NO13. The van der Waals surface area contributed by atoms with Gasteiger partial charge in [0, 0.05) is 6.42 Å².